The van der Waals surface area contributed by atoms with Gasteiger partial charge in [0, 0.05) is 47.8 Å². The van der Waals surface area contributed by atoms with Gasteiger partial charge in [0.15, 0.2) is 5.13 Å². The molecule has 210 valence electrons. The minimum atomic E-state index is -0.908. The van der Waals surface area contributed by atoms with E-state index in [2.05, 4.69) is 29.2 Å². The first-order valence-corrected chi connectivity index (χ1v) is 15.3. The van der Waals surface area contributed by atoms with Gasteiger partial charge in [-0.2, -0.15) is 0 Å². The van der Waals surface area contributed by atoms with Gasteiger partial charge in [0.05, 0.1) is 25.3 Å². The van der Waals surface area contributed by atoms with Crippen LogP contribution in [0.5, 0.6) is 0 Å². The van der Waals surface area contributed by atoms with Crippen LogP contribution in [-0.4, -0.2) is 59.3 Å². The normalized spacial score (nSPS) is 18.6. The number of carboxylic acid groups (broad SMARTS) is 1. The van der Waals surface area contributed by atoms with Crippen LogP contribution in [0.3, 0.4) is 0 Å². The van der Waals surface area contributed by atoms with Gasteiger partial charge in [-0.15, -0.1) is 11.3 Å². The van der Waals surface area contributed by atoms with E-state index >= 15 is 0 Å². The van der Waals surface area contributed by atoms with Gasteiger partial charge in [-0.25, -0.2) is 9.97 Å². The molecule has 3 heterocycles. The highest BCUT2D eigenvalue weighted by molar-refractivity contribution is 7.14. The molecule has 2 saturated carbocycles. The van der Waals surface area contributed by atoms with E-state index in [9.17, 15) is 14.7 Å². The highest BCUT2D eigenvalue weighted by Gasteiger charge is 2.40. The number of nitrogens with zero attached hydrogens (tertiary/aromatic N) is 4. The fourth-order valence-corrected chi connectivity index (χ4v) is 6.97. The Morgan fingerprint density at radius 1 is 1.05 bits per heavy atom. The number of anilines is 2. The van der Waals surface area contributed by atoms with E-state index in [1.54, 1.807) is 0 Å². The maximum Gasteiger partial charge on any atom is 0.304 e. The molecule has 1 N–H and O–H groups in total. The van der Waals surface area contributed by atoms with Crippen LogP contribution in [0, 0.1) is 11.8 Å². The van der Waals surface area contributed by atoms with Gasteiger partial charge < -0.3 is 14.7 Å². The number of carbonyl (C=O) groups excluding carboxylic acids is 1. The van der Waals surface area contributed by atoms with Crippen molar-refractivity contribution in [3.8, 4) is 22.4 Å². The second kappa shape index (κ2) is 12.1. The molecular weight excluding hydrogens is 524 g/mol. The molecule has 2 aromatic heterocycles. The summed E-state index contributed by atoms with van der Waals surface area (Å²) in [6.07, 6.45) is 8.84. The summed E-state index contributed by atoms with van der Waals surface area (Å²) in [5.41, 5.74) is 3.85. The first kappa shape index (κ1) is 26.9. The van der Waals surface area contributed by atoms with Crippen LogP contribution in [0.4, 0.5) is 10.9 Å². The molecule has 1 saturated heterocycles. The van der Waals surface area contributed by atoms with Crippen molar-refractivity contribution in [3.63, 3.8) is 0 Å². The lowest BCUT2D eigenvalue weighted by Gasteiger charge is -2.27. The summed E-state index contributed by atoms with van der Waals surface area (Å²) in [6.45, 7) is 3.12. The number of hydrogen-bond donors (Lipinski definition) is 1. The second-order valence-corrected chi connectivity index (χ2v) is 12.0. The van der Waals surface area contributed by atoms with Crippen molar-refractivity contribution in [2.75, 3.05) is 36.1 Å². The van der Waals surface area contributed by atoms with Crippen molar-refractivity contribution < 1.29 is 19.4 Å². The third-order valence-corrected chi connectivity index (χ3v) is 9.15. The number of carbonyl (C=O) groups is 2. The number of hydrogen-bond acceptors (Lipinski definition) is 7. The maximum absolute atomic E-state index is 13.9. The van der Waals surface area contributed by atoms with Gasteiger partial charge in [-0.05, 0) is 42.9 Å². The zero-order valence-corrected chi connectivity index (χ0v) is 23.5. The Bertz CT molecular complexity index is 1330. The predicted octanol–water partition coefficient (Wildman–Crippen LogP) is 5.88. The average Bonchev–Trinajstić information content (AvgIpc) is 3.45. The Morgan fingerprint density at radius 2 is 1.80 bits per heavy atom. The molecule has 9 heteroatoms. The van der Waals surface area contributed by atoms with Gasteiger partial charge in [0.2, 0.25) is 5.91 Å². The summed E-state index contributed by atoms with van der Waals surface area (Å²) >= 11 is 1.47. The molecule has 3 fully saturated rings. The fourth-order valence-electron chi connectivity index (χ4n) is 6.07. The van der Waals surface area contributed by atoms with Crippen molar-refractivity contribution in [1.29, 1.82) is 0 Å². The highest BCUT2D eigenvalue weighted by Crippen LogP contribution is 2.40. The molecule has 6 rings (SSSR count). The van der Waals surface area contributed by atoms with Crippen molar-refractivity contribution in [1.82, 2.24) is 9.97 Å². The van der Waals surface area contributed by atoms with Crippen LogP contribution in [-0.2, 0) is 14.3 Å². The standard InChI is InChI=1S/C31H36N4O4S/c36-29(37)18-23(17-21-5-1-2-6-21)30(38)35(24-10-11-24)31-33-27(20-40-31)26-8-4-3-7-25(26)22-9-12-28(32-19-22)34-13-15-39-16-14-34/h3-4,7-9,12,19-21,23-24H,1-2,5-6,10-11,13-18H2,(H,36,37)/t23-/m1/s1. The van der Waals surface area contributed by atoms with Crippen LogP contribution >= 0.6 is 11.3 Å². The Kier molecular flexibility index (Phi) is 8.11. The number of aromatic nitrogens is 2. The van der Waals surface area contributed by atoms with Gasteiger partial charge in [0.25, 0.3) is 0 Å². The molecule has 1 aliphatic heterocycles. The van der Waals surface area contributed by atoms with Gasteiger partial charge in [-0.3, -0.25) is 14.5 Å². The molecule has 0 bridgehead atoms. The van der Waals surface area contributed by atoms with E-state index < -0.39 is 11.9 Å². The van der Waals surface area contributed by atoms with Crippen LogP contribution in [0.1, 0.15) is 51.4 Å². The van der Waals surface area contributed by atoms with Crippen molar-refractivity contribution in [2.45, 2.75) is 57.4 Å². The number of ether oxygens (including phenoxy) is 1. The minimum Gasteiger partial charge on any atom is -0.481 e. The van der Waals surface area contributed by atoms with E-state index in [0.717, 1.165) is 80.2 Å². The highest BCUT2D eigenvalue weighted by atomic mass is 32.1. The Balaban J connectivity index is 1.25. The Hall–Kier alpha value is -3.30. The third-order valence-electron chi connectivity index (χ3n) is 8.31. The van der Waals surface area contributed by atoms with Gasteiger partial charge in [0.1, 0.15) is 5.82 Å². The number of benzene rings is 1. The number of aliphatic carboxylic acids is 1. The summed E-state index contributed by atoms with van der Waals surface area (Å²) in [5, 5.41) is 12.3. The number of thiazole rings is 1. The zero-order valence-electron chi connectivity index (χ0n) is 22.7. The van der Waals surface area contributed by atoms with Crippen molar-refractivity contribution in [3.05, 3.63) is 48.0 Å². The smallest absolute Gasteiger partial charge is 0.304 e. The average molecular weight is 561 g/mol. The van der Waals surface area contributed by atoms with E-state index in [-0.39, 0.29) is 18.4 Å². The molecule has 3 aromatic rings. The van der Waals surface area contributed by atoms with Gasteiger partial charge >= 0.3 is 5.97 Å². The maximum atomic E-state index is 13.9. The van der Waals surface area contributed by atoms with Crippen LogP contribution in [0.15, 0.2) is 48.0 Å². The third kappa shape index (κ3) is 6.05. The molecule has 8 nitrogen and oxygen atoms in total. The fraction of sp³-hybridized carbons (Fsp3) is 0.484. The molecule has 40 heavy (non-hydrogen) atoms. The lowest BCUT2D eigenvalue weighted by atomic mass is 9.90. The second-order valence-electron chi connectivity index (χ2n) is 11.2. The van der Waals surface area contributed by atoms with Crippen LogP contribution in [0.25, 0.3) is 22.4 Å². The monoisotopic (exact) mass is 560 g/mol. The number of rotatable bonds is 10. The molecule has 1 amide bonds. The molecule has 0 unspecified atom stereocenters. The topological polar surface area (TPSA) is 95.9 Å². The first-order valence-electron chi connectivity index (χ1n) is 14.5. The van der Waals surface area contributed by atoms with E-state index in [1.165, 1.54) is 24.2 Å². The number of carboxylic acids is 1. The minimum absolute atomic E-state index is 0.0751. The van der Waals surface area contributed by atoms with Crippen LogP contribution in [0.2, 0.25) is 0 Å². The summed E-state index contributed by atoms with van der Waals surface area (Å²) in [6, 6.07) is 12.4. The first-order chi connectivity index (χ1) is 19.6. The lowest BCUT2D eigenvalue weighted by Crippen LogP contribution is -2.39. The molecule has 0 spiro atoms. The SMILES string of the molecule is O=C(O)C[C@@H](CC1CCCC1)C(=O)N(c1nc(-c2ccccc2-c2ccc(N3CCOCC3)nc2)cs1)C1CC1. The predicted molar refractivity (Wildman–Crippen MR) is 157 cm³/mol. The number of pyridine rings is 1. The number of amides is 1. The summed E-state index contributed by atoms with van der Waals surface area (Å²) < 4.78 is 5.46. The summed E-state index contributed by atoms with van der Waals surface area (Å²) in [4.78, 5) is 39.3. The summed E-state index contributed by atoms with van der Waals surface area (Å²) in [5.74, 6) is -0.0937. The molecular formula is C31H36N4O4S. The summed E-state index contributed by atoms with van der Waals surface area (Å²) in [7, 11) is 0. The Morgan fingerprint density at radius 3 is 2.48 bits per heavy atom. The molecule has 1 atom stereocenters. The molecule has 1 aromatic carbocycles. The zero-order chi connectivity index (χ0) is 27.5. The quantitative estimate of drug-likeness (QED) is 0.331. The Labute approximate surface area is 239 Å². The largest absolute Gasteiger partial charge is 0.481 e. The number of morpholine rings is 1. The molecule has 2 aliphatic carbocycles. The molecule has 0 radical (unpaired) electrons. The van der Waals surface area contributed by atoms with E-state index in [4.69, 9.17) is 14.7 Å². The van der Waals surface area contributed by atoms with Crippen molar-refractivity contribution in [2.24, 2.45) is 11.8 Å². The van der Waals surface area contributed by atoms with Gasteiger partial charge in [-0.1, -0.05) is 49.9 Å². The lowest BCUT2D eigenvalue weighted by molar-refractivity contribution is -0.141. The van der Waals surface area contributed by atoms with Crippen molar-refractivity contribution >= 4 is 34.2 Å². The van der Waals surface area contributed by atoms with E-state index in [0.29, 0.717) is 17.5 Å². The van der Waals surface area contributed by atoms with E-state index in [1.807, 2.05) is 28.6 Å². The van der Waals surface area contributed by atoms with Crippen LogP contribution < -0.4 is 9.80 Å². The molecule has 3 aliphatic rings.